The van der Waals surface area contributed by atoms with Crippen molar-refractivity contribution < 1.29 is 32.2 Å². The molecule has 0 bridgehead atoms. The molecule has 0 aromatic heterocycles. The Kier molecular flexibility index (Phi) is 8.57. The van der Waals surface area contributed by atoms with Gasteiger partial charge in [-0.25, -0.2) is 0 Å². The standard InChI is InChI=1S/C27H29F3N2O4/c1-16(2)13-23(31)26(34)35-15-17(3)32-25(33)19-7-12-22-18(14-19)5-4-6-24(22)36-21-10-8-20(9-11-21)27(28,29)30/h4-12,14,16-17,23H,13,15,31H2,1-3H3,(H,32,33)/t17-,23+/m1/s1. The predicted molar refractivity (Wildman–Crippen MR) is 131 cm³/mol. The number of amides is 1. The van der Waals surface area contributed by atoms with Gasteiger partial charge in [0, 0.05) is 10.9 Å². The molecule has 3 aromatic carbocycles. The summed E-state index contributed by atoms with van der Waals surface area (Å²) in [5, 5.41) is 4.19. The van der Waals surface area contributed by atoms with E-state index in [-0.39, 0.29) is 24.2 Å². The van der Waals surface area contributed by atoms with Crippen LogP contribution < -0.4 is 15.8 Å². The number of carbonyl (C=O) groups is 2. The van der Waals surface area contributed by atoms with Crippen molar-refractivity contribution >= 4 is 22.6 Å². The summed E-state index contributed by atoms with van der Waals surface area (Å²) in [4.78, 5) is 24.7. The number of hydrogen-bond donors (Lipinski definition) is 2. The molecular formula is C27H29F3N2O4. The molecule has 0 aliphatic rings. The van der Waals surface area contributed by atoms with Crippen molar-refractivity contribution in [1.29, 1.82) is 0 Å². The Morgan fingerprint density at radius 3 is 2.33 bits per heavy atom. The van der Waals surface area contributed by atoms with Crippen LogP contribution in [0.4, 0.5) is 13.2 Å². The van der Waals surface area contributed by atoms with Gasteiger partial charge in [0.05, 0.1) is 11.6 Å². The van der Waals surface area contributed by atoms with Crippen LogP contribution in [0.15, 0.2) is 60.7 Å². The smallest absolute Gasteiger partial charge is 0.416 e. The molecule has 6 nitrogen and oxygen atoms in total. The van der Waals surface area contributed by atoms with Crippen LogP contribution >= 0.6 is 0 Å². The minimum atomic E-state index is -4.42. The Balaban J connectivity index is 1.65. The minimum Gasteiger partial charge on any atom is -0.462 e. The van der Waals surface area contributed by atoms with Crippen LogP contribution in [0.2, 0.25) is 0 Å². The number of esters is 1. The van der Waals surface area contributed by atoms with Crippen LogP contribution in [0.3, 0.4) is 0 Å². The molecule has 0 saturated heterocycles. The third kappa shape index (κ3) is 7.21. The fraction of sp³-hybridized carbons (Fsp3) is 0.333. The molecule has 1 amide bonds. The van der Waals surface area contributed by atoms with Gasteiger partial charge in [-0.15, -0.1) is 0 Å². The van der Waals surface area contributed by atoms with Gasteiger partial charge in [0.1, 0.15) is 24.1 Å². The van der Waals surface area contributed by atoms with E-state index in [2.05, 4.69) is 5.32 Å². The summed E-state index contributed by atoms with van der Waals surface area (Å²) in [6, 6.07) is 13.5. The number of ether oxygens (including phenoxy) is 2. The first-order valence-corrected chi connectivity index (χ1v) is 11.5. The van der Waals surface area contributed by atoms with Gasteiger partial charge < -0.3 is 20.5 Å². The molecule has 36 heavy (non-hydrogen) atoms. The van der Waals surface area contributed by atoms with Crippen molar-refractivity contribution in [1.82, 2.24) is 5.32 Å². The lowest BCUT2D eigenvalue weighted by atomic mass is 10.0. The van der Waals surface area contributed by atoms with Gasteiger partial charge in [0.15, 0.2) is 0 Å². The Hall–Kier alpha value is -3.59. The monoisotopic (exact) mass is 502 g/mol. The van der Waals surface area contributed by atoms with E-state index in [9.17, 15) is 22.8 Å². The highest BCUT2D eigenvalue weighted by atomic mass is 19.4. The molecule has 0 unspecified atom stereocenters. The number of alkyl halides is 3. The maximum Gasteiger partial charge on any atom is 0.416 e. The molecule has 192 valence electrons. The zero-order valence-corrected chi connectivity index (χ0v) is 20.3. The third-order valence-electron chi connectivity index (χ3n) is 5.39. The van der Waals surface area contributed by atoms with Crippen molar-refractivity contribution in [2.45, 2.75) is 45.5 Å². The largest absolute Gasteiger partial charge is 0.462 e. The summed E-state index contributed by atoms with van der Waals surface area (Å²) in [5.74, 6) is 0.113. The molecule has 0 radical (unpaired) electrons. The SMILES string of the molecule is CC(C)C[C@H](N)C(=O)OC[C@@H](C)NC(=O)c1ccc2c(Oc3ccc(C(F)(F)F)cc3)cccc2c1. The molecule has 0 aliphatic heterocycles. The van der Waals surface area contributed by atoms with E-state index in [0.29, 0.717) is 28.5 Å². The van der Waals surface area contributed by atoms with E-state index in [0.717, 1.165) is 12.1 Å². The van der Waals surface area contributed by atoms with E-state index in [4.69, 9.17) is 15.2 Å². The third-order valence-corrected chi connectivity index (χ3v) is 5.39. The van der Waals surface area contributed by atoms with Crippen molar-refractivity contribution in [3.8, 4) is 11.5 Å². The number of fused-ring (bicyclic) bond motifs is 1. The number of halogens is 3. The maximum absolute atomic E-state index is 12.8. The fourth-order valence-electron chi connectivity index (χ4n) is 3.59. The summed E-state index contributed by atoms with van der Waals surface area (Å²) in [5.41, 5.74) is 5.45. The summed E-state index contributed by atoms with van der Waals surface area (Å²) < 4.78 is 49.4. The number of hydrogen-bond acceptors (Lipinski definition) is 5. The highest BCUT2D eigenvalue weighted by Crippen LogP contribution is 2.33. The molecule has 2 atom stereocenters. The molecule has 9 heteroatoms. The van der Waals surface area contributed by atoms with Gasteiger partial charge in [0.25, 0.3) is 5.91 Å². The lowest BCUT2D eigenvalue weighted by Gasteiger charge is -2.17. The van der Waals surface area contributed by atoms with Gasteiger partial charge in [-0.05, 0) is 73.2 Å². The topological polar surface area (TPSA) is 90.7 Å². The number of nitrogens with one attached hydrogen (secondary N) is 1. The molecule has 0 fully saturated rings. The first-order valence-electron chi connectivity index (χ1n) is 11.5. The van der Waals surface area contributed by atoms with Crippen LogP contribution in [0.25, 0.3) is 10.8 Å². The van der Waals surface area contributed by atoms with E-state index < -0.39 is 29.8 Å². The molecule has 0 aliphatic carbocycles. The molecule has 3 aromatic rings. The zero-order chi connectivity index (χ0) is 26.5. The Morgan fingerprint density at radius 1 is 1.00 bits per heavy atom. The zero-order valence-electron chi connectivity index (χ0n) is 20.3. The van der Waals surface area contributed by atoms with Gasteiger partial charge in [-0.1, -0.05) is 26.0 Å². The van der Waals surface area contributed by atoms with Crippen LogP contribution in [-0.4, -0.2) is 30.6 Å². The fourth-order valence-corrected chi connectivity index (χ4v) is 3.59. The van der Waals surface area contributed by atoms with Gasteiger partial charge in [-0.2, -0.15) is 13.2 Å². The van der Waals surface area contributed by atoms with E-state index in [1.54, 1.807) is 43.3 Å². The maximum atomic E-state index is 12.8. The predicted octanol–water partition coefficient (Wildman–Crippen LogP) is 5.69. The lowest BCUT2D eigenvalue weighted by Crippen LogP contribution is -2.39. The molecular weight excluding hydrogens is 473 g/mol. The first kappa shape index (κ1) is 27.0. The molecule has 0 heterocycles. The van der Waals surface area contributed by atoms with Gasteiger partial charge in [0.2, 0.25) is 0 Å². The average Bonchev–Trinajstić information content (AvgIpc) is 2.81. The highest BCUT2D eigenvalue weighted by molar-refractivity contribution is 6.00. The summed E-state index contributed by atoms with van der Waals surface area (Å²) in [6.07, 6.45) is -3.91. The first-order chi connectivity index (χ1) is 16.9. The lowest BCUT2D eigenvalue weighted by molar-refractivity contribution is -0.146. The second kappa shape index (κ2) is 11.4. The Bertz CT molecular complexity index is 1210. The van der Waals surface area contributed by atoms with E-state index in [1.807, 2.05) is 13.8 Å². The number of nitrogens with two attached hydrogens (primary N) is 1. The quantitative estimate of drug-likeness (QED) is 0.367. The van der Waals surface area contributed by atoms with Crippen LogP contribution in [0.5, 0.6) is 11.5 Å². The number of benzene rings is 3. The van der Waals surface area contributed by atoms with E-state index in [1.165, 1.54) is 12.1 Å². The summed E-state index contributed by atoms with van der Waals surface area (Å²) in [6.45, 7) is 5.64. The number of carbonyl (C=O) groups excluding carboxylic acids is 2. The second-order valence-corrected chi connectivity index (χ2v) is 9.06. The Morgan fingerprint density at radius 2 is 1.69 bits per heavy atom. The van der Waals surface area contributed by atoms with Gasteiger partial charge >= 0.3 is 12.1 Å². The Labute approximate surface area is 207 Å². The van der Waals surface area contributed by atoms with Crippen LogP contribution in [-0.2, 0) is 15.7 Å². The average molecular weight is 503 g/mol. The molecule has 0 saturated carbocycles. The highest BCUT2D eigenvalue weighted by Gasteiger charge is 2.30. The van der Waals surface area contributed by atoms with Crippen LogP contribution in [0.1, 0.15) is 43.1 Å². The van der Waals surface area contributed by atoms with E-state index >= 15 is 0 Å². The van der Waals surface area contributed by atoms with Crippen LogP contribution in [0, 0.1) is 5.92 Å². The summed E-state index contributed by atoms with van der Waals surface area (Å²) in [7, 11) is 0. The second-order valence-electron chi connectivity index (χ2n) is 9.06. The van der Waals surface area contributed by atoms with Crippen molar-refractivity contribution in [3.05, 3.63) is 71.8 Å². The van der Waals surface area contributed by atoms with Crippen molar-refractivity contribution in [2.75, 3.05) is 6.61 Å². The summed E-state index contributed by atoms with van der Waals surface area (Å²) >= 11 is 0. The molecule has 3 N–H and O–H groups in total. The van der Waals surface area contributed by atoms with Crippen molar-refractivity contribution in [2.24, 2.45) is 11.7 Å². The number of rotatable bonds is 9. The molecule has 0 spiro atoms. The minimum absolute atomic E-state index is 0.00489. The van der Waals surface area contributed by atoms with Crippen molar-refractivity contribution in [3.63, 3.8) is 0 Å². The van der Waals surface area contributed by atoms with Gasteiger partial charge in [-0.3, -0.25) is 9.59 Å². The normalized spacial score (nSPS) is 13.3. The molecule has 3 rings (SSSR count).